The van der Waals surface area contributed by atoms with Gasteiger partial charge in [0.15, 0.2) is 5.15 Å². The highest BCUT2D eigenvalue weighted by molar-refractivity contribution is 7.98. The molecule has 5 nitrogen and oxygen atoms in total. The van der Waals surface area contributed by atoms with Crippen LogP contribution in [0.5, 0.6) is 0 Å². The Morgan fingerprint density at radius 1 is 1.72 bits per heavy atom. The second kappa shape index (κ2) is 8.39. The van der Waals surface area contributed by atoms with Gasteiger partial charge in [-0.05, 0) is 18.4 Å². The number of amides is 1. The van der Waals surface area contributed by atoms with Crippen LogP contribution in [0, 0.1) is 0 Å². The highest BCUT2D eigenvalue weighted by Crippen LogP contribution is 2.10. The first-order valence-corrected chi connectivity index (χ1v) is 7.43. The second-order valence-electron chi connectivity index (χ2n) is 3.84. The number of aryl methyl sites for hydroxylation is 1. The summed E-state index contributed by atoms with van der Waals surface area (Å²) in [7, 11) is 0. The van der Waals surface area contributed by atoms with Crippen molar-refractivity contribution >= 4 is 29.3 Å². The number of rotatable bonds is 8. The number of hydrogen-bond donors (Lipinski definition) is 2. The van der Waals surface area contributed by atoms with E-state index in [9.17, 15) is 4.79 Å². The zero-order chi connectivity index (χ0) is 13.4. The van der Waals surface area contributed by atoms with E-state index in [-0.39, 0.29) is 18.6 Å². The number of hydrogen-bond acceptors (Lipinski definition) is 5. The van der Waals surface area contributed by atoms with Gasteiger partial charge < -0.3 is 14.9 Å². The fourth-order valence-electron chi connectivity index (χ4n) is 1.41. The Kier molecular flexibility index (Phi) is 7.15. The quantitative estimate of drug-likeness (QED) is 0.759. The van der Waals surface area contributed by atoms with Gasteiger partial charge in [0, 0.05) is 18.9 Å². The van der Waals surface area contributed by atoms with Gasteiger partial charge in [-0.3, -0.25) is 4.79 Å². The Hall–Kier alpha value is -0.720. The summed E-state index contributed by atoms with van der Waals surface area (Å²) in [6.45, 7) is -0.0412. The lowest BCUT2D eigenvalue weighted by atomic mass is 10.2. The molecule has 0 saturated carbocycles. The van der Waals surface area contributed by atoms with Crippen molar-refractivity contribution in [3.63, 3.8) is 0 Å². The standard InChI is InChI=1S/C11H17ClN2O3S/c1-18-5-4-8(7-15)13-11(16)3-2-9-6-10(12)14-17-9/h6,8,15H,2-5,7H2,1H3,(H,13,16)/t8-/m0/s1. The Balaban J connectivity index is 2.27. The van der Waals surface area contributed by atoms with Crippen LogP contribution in [0.15, 0.2) is 10.6 Å². The van der Waals surface area contributed by atoms with E-state index in [1.807, 2.05) is 6.26 Å². The molecular formula is C11H17ClN2O3S. The van der Waals surface area contributed by atoms with Gasteiger partial charge >= 0.3 is 0 Å². The maximum atomic E-state index is 11.6. The lowest BCUT2D eigenvalue weighted by Crippen LogP contribution is -2.38. The van der Waals surface area contributed by atoms with Crippen LogP contribution >= 0.6 is 23.4 Å². The fraction of sp³-hybridized carbons (Fsp3) is 0.636. The smallest absolute Gasteiger partial charge is 0.220 e. The number of nitrogens with one attached hydrogen (secondary N) is 1. The lowest BCUT2D eigenvalue weighted by molar-refractivity contribution is -0.122. The zero-order valence-electron chi connectivity index (χ0n) is 10.2. The molecule has 0 aliphatic heterocycles. The Morgan fingerprint density at radius 3 is 3.06 bits per heavy atom. The molecular weight excluding hydrogens is 276 g/mol. The number of carbonyl (C=O) groups is 1. The second-order valence-corrected chi connectivity index (χ2v) is 5.22. The van der Waals surface area contributed by atoms with Crippen molar-refractivity contribution in [1.82, 2.24) is 10.5 Å². The van der Waals surface area contributed by atoms with Crippen molar-refractivity contribution in [2.24, 2.45) is 0 Å². The summed E-state index contributed by atoms with van der Waals surface area (Å²) < 4.78 is 4.90. The molecule has 1 amide bonds. The van der Waals surface area contributed by atoms with E-state index in [0.29, 0.717) is 23.8 Å². The average molecular weight is 293 g/mol. The molecule has 1 aromatic rings. The molecule has 18 heavy (non-hydrogen) atoms. The van der Waals surface area contributed by atoms with E-state index in [4.69, 9.17) is 21.2 Å². The van der Waals surface area contributed by atoms with Crippen LogP contribution in [-0.4, -0.2) is 40.8 Å². The van der Waals surface area contributed by atoms with Crippen molar-refractivity contribution in [2.45, 2.75) is 25.3 Å². The highest BCUT2D eigenvalue weighted by atomic mass is 35.5. The number of carbonyl (C=O) groups excluding carboxylic acids is 1. The topological polar surface area (TPSA) is 75.4 Å². The molecule has 1 atom stereocenters. The molecule has 0 aliphatic rings. The third-order valence-corrected chi connectivity index (χ3v) is 3.21. The molecule has 0 bridgehead atoms. The Labute approximate surface area is 115 Å². The van der Waals surface area contributed by atoms with Gasteiger partial charge in [0.25, 0.3) is 0 Å². The van der Waals surface area contributed by atoms with E-state index in [0.717, 1.165) is 12.2 Å². The predicted octanol–water partition coefficient (Wildman–Crippen LogP) is 1.49. The minimum Gasteiger partial charge on any atom is -0.394 e. The van der Waals surface area contributed by atoms with Gasteiger partial charge in [0.1, 0.15) is 5.76 Å². The molecule has 0 radical (unpaired) electrons. The Morgan fingerprint density at radius 2 is 2.50 bits per heavy atom. The summed E-state index contributed by atoms with van der Waals surface area (Å²) in [5.74, 6) is 1.38. The molecule has 0 saturated heterocycles. The minimum absolute atomic E-state index is 0.0412. The first kappa shape index (κ1) is 15.3. The third kappa shape index (κ3) is 5.75. The molecule has 7 heteroatoms. The molecule has 1 rings (SSSR count). The SMILES string of the molecule is CSCC[C@@H](CO)NC(=O)CCc1cc(Cl)no1. The van der Waals surface area contributed by atoms with Gasteiger partial charge in [0.05, 0.1) is 12.6 Å². The molecule has 102 valence electrons. The number of halogens is 1. The van der Waals surface area contributed by atoms with Gasteiger partial charge in [0.2, 0.25) is 5.91 Å². The number of nitrogens with zero attached hydrogens (tertiary/aromatic N) is 1. The van der Waals surface area contributed by atoms with E-state index in [1.165, 1.54) is 0 Å². The number of aromatic nitrogens is 1. The summed E-state index contributed by atoms with van der Waals surface area (Å²) in [5.41, 5.74) is 0. The molecule has 0 unspecified atom stereocenters. The number of aliphatic hydroxyl groups is 1. The van der Waals surface area contributed by atoms with Crippen molar-refractivity contribution in [3.05, 3.63) is 17.0 Å². The van der Waals surface area contributed by atoms with E-state index < -0.39 is 0 Å². The van der Waals surface area contributed by atoms with Gasteiger partial charge in [-0.2, -0.15) is 11.8 Å². The van der Waals surface area contributed by atoms with Crippen LogP contribution in [0.1, 0.15) is 18.6 Å². The first-order valence-electron chi connectivity index (χ1n) is 5.66. The Bertz CT molecular complexity index is 373. The third-order valence-electron chi connectivity index (χ3n) is 2.38. The summed E-state index contributed by atoms with van der Waals surface area (Å²) >= 11 is 7.28. The van der Waals surface area contributed by atoms with E-state index in [1.54, 1.807) is 17.8 Å². The maximum absolute atomic E-state index is 11.6. The number of thioether (sulfide) groups is 1. The molecule has 0 spiro atoms. The monoisotopic (exact) mass is 292 g/mol. The maximum Gasteiger partial charge on any atom is 0.220 e. The lowest BCUT2D eigenvalue weighted by Gasteiger charge is -2.15. The largest absolute Gasteiger partial charge is 0.394 e. The summed E-state index contributed by atoms with van der Waals surface area (Å²) in [6, 6.07) is 1.41. The van der Waals surface area contributed by atoms with Crippen molar-refractivity contribution in [1.29, 1.82) is 0 Å². The van der Waals surface area contributed by atoms with E-state index in [2.05, 4.69) is 10.5 Å². The predicted molar refractivity (Wildman–Crippen MR) is 71.8 cm³/mol. The van der Waals surface area contributed by atoms with Crippen LogP contribution in [-0.2, 0) is 11.2 Å². The molecule has 1 heterocycles. The van der Waals surface area contributed by atoms with Crippen molar-refractivity contribution in [2.75, 3.05) is 18.6 Å². The normalized spacial score (nSPS) is 12.4. The van der Waals surface area contributed by atoms with Crippen LogP contribution in [0.4, 0.5) is 0 Å². The summed E-state index contributed by atoms with van der Waals surface area (Å²) in [5, 5.41) is 15.7. The molecule has 0 aliphatic carbocycles. The van der Waals surface area contributed by atoms with Gasteiger partial charge in [-0.1, -0.05) is 16.8 Å². The summed E-state index contributed by atoms with van der Waals surface area (Å²) in [4.78, 5) is 11.6. The van der Waals surface area contributed by atoms with Crippen LogP contribution < -0.4 is 5.32 Å². The van der Waals surface area contributed by atoms with Crippen LogP contribution in [0.3, 0.4) is 0 Å². The molecule has 1 aromatic heterocycles. The highest BCUT2D eigenvalue weighted by Gasteiger charge is 2.12. The first-order chi connectivity index (χ1) is 8.65. The minimum atomic E-state index is -0.178. The van der Waals surface area contributed by atoms with Crippen molar-refractivity contribution in [3.8, 4) is 0 Å². The van der Waals surface area contributed by atoms with Crippen molar-refractivity contribution < 1.29 is 14.4 Å². The number of aliphatic hydroxyl groups excluding tert-OH is 1. The molecule has 0 fully saturated rings. The summed E-state index contributed by atoms with van der Waals surface area (Å²) in [6.07, 6.45) is 3.50. The molecule has 0 aromatic carbocycles. The fourth-order valence-corrected chi connectivity index (χ4v) is 2.09. The van der Waals surface area contributed by atoms with Crippen LogP contribution in [0.2, 0.25) is 5.15 Å². The van der Waals surface area contributed by atoms with Crippen LogP contribution in [0.25, 0.3) is 0 Å². The zero-order valence-corrected chi connectivity index (χ0v) is 11.8. The average Bonchev–Trinajstić information content (AvgIpc) is 2.78. The van der Waals surface area contributed by atoms with Gasteiger partial charge in [-0.15, -0.1) is 0 Å². The van der Waals surface area contributed by atoms with Gasteiger partial charge in [-0.25, -0.2) is 0 Å². The van der Waals surface area contributed by atoms with E-state index >= 15 is 0 Å². The molecule has 2 N–H and O–H groups in total.